The molecule has 5 nitrogen and oxygen atoms in total. The van der Waals surface area contributed by atoms with Crippen molar-refractivity contribution >= 4 is 5.78 Å². The van der Waals surface area contributed by atoms with Crippen LogP contribution in [-0.2, 0) is 17.8 Å². The molecule has 0 bridgehead atoms. The minimum atomic E-state index is -0.367. The van der Waals surface area contributed by atoms with Crippen LogP contribution >= 0.6 is 0 Å². The van der Waals surface area contributed by atoms with Crippen LogP contribution in [0.2, 0.25) is 0 Å². The normalized spacial score (nSPS) is 12.9. The Labute approximate surface area is 109 Å². The Bertz CT molecular complexity index is 373. The molecule has 1 aromatic heterocycles. The van der Waals surface area contributed by atoms with Crippen LogP contribution in [0.25, 0.3) is 0 Å². The van der Waals surface area contributed by atoms with Gasteiger partial charge in [0.05, 0.1) is 12.5 Å². The number of unbranched alkanes of at least 4 members (excludes halogenated alkanes) is 1. The van der Waals surface area contributed by atoms with E-state index < -0.39 is 0 Å². The van der Waals surface area contributed by atoms with Crippen molar-refractivity contribution in [2.75, 3.05) is 0 Å². The van der Waals surface area contributed by atoms with Crippen LogP contribution in [0.5, 0.6) is 0 Å². The van der Waals surface area contributed by atoms with Gasteiger partial charge in [-0.05, 0) is 12.3 Å². The first kappa shape index (κ1) is 14.8. The summed E-state index contributed by atoms with van der Waals surface area (Å²) in [4.78, 5) is 16.1. The van der Waals surface area contributed by atoms with Crippen LogP contribution in [0.3, 0.4) is 0 Å². The highest BCUT2D eigenvalue weighted by atomic mass is 16.1. The summed E-state index contributed by atoms with van der Waals surface area (Å²) in [5.41, 5.74) is 5.86. The average Bonchev–Trinajstić information content (AvgIpc) is 2.72. The standard InChI is InChI=1S/C13H24N4O/c1-4-5-6-11(14)12(18)7-13-15-9-16-17(13)8-10(2)3/h9-11H,4-8,14H2,1-3H3. The third kappa shape index (κ3) is 4.56. The van der Waals surface area contributed by atoms with E-state index in [0.717, 1.165) is 31.6 Å². The summed E-state index contributed by atoms with van der Waals surface area (Å²) in [6.07, 6.45) is 4.60. The molecular formula is C13H24N4O. The van der Waals surface area contributed by atoms with Gasteiger partial charge in [-0.3, -0.25) is 4.79 Å². The number of carbonyl (C=O) groups excluding carboxylic acids is 1. The van der Waals surface area contributed by atoms with Crippen molar-refractivity contribution in [1.82, 2.24) is 14.8 Å². The van der Waals surface area contributed by atoms with E-state index in [1.54, 1.807) is 4.68 Å². The van der Waals surface area contributed by atoms with Crippen molar-refractivity contribution in [3.05, 3.63) is 12.2 Å². The predicted molar refractivity (Wildman–Crippen MR) is 71.1 cm³/mol. The maximum Gasteiger partial charge on any atom is 0.157 e. The molecule has 102 valence electrons. The van der Waals surface area contributed by atoms with Gasteiger partial charge in [-0.1, -0.05) is 33.6 Å². The molecule has 1 aromatic rings. The van der Waals surface area contributed by atoms with Gasteiger partial charge in [-0.25, -0.2) is 9.67 Å². The molecule has 0 aromatic carbocycles. The van der Waals surface area contributed by atoms with Crippen LogP contribution in [0.15, 0.2) is 6.33 Å². The minimum Gasteiger partial charge on any atom is -0.321 e. The molecule has 1 rings (SSSR count). The van der Waals surface area contributed by atoms with E-state index in [0.29, 0.717) is 5.92 Å². The van der Waals surface area contributed by atoms with Crippen molar-refractivity contribution in [2.24, 2.45) is 11.7 Å². The van der Waals surface area contributed by atoms with Gasteiger partial charge < -0.3 is 5.73 Å². The fraction of sp³-hybridized carbons (Fsp3) is 0.769. The summed E-state index contributed by atoms with van der Waals surface area (Å²) in [6, 6.07) is -0.367. The number of hydrogen-bond donors (Lipinski definition) is 1. The fourth-order valence-corrected chi connectivity index (χ4v) is 1.80. The quantitative estimate of drug-likeness (QED) is 0.762. The molecular weight excluding hydrogens is 228 g/mol. The number of Topliss-reactive ketones (excluding diaryl/α,β-unsaturated/α-hetero) is 1. The topological polar surface area (TPSA) is 73.8 Å². The lowest BCUT2D eigenvalue weighted by Crippen LogP contribution is -2.32. The van der Waals surface area contributed by atoms with Gasteiger partial charge in [-0.2, -0.15) is 5.10 Å². The number of nitrogens with two attached hydrogens (primary N) is 1. The Morgan fingerprint density at radius 3 is 2.83 bits per heavy atom. The molecule has 5 heteroatoms. The number of rotatable bonds is 8. The van der Waals surface area contributed by atoms with E-state index >= 15 is 0 Å². The van der Waals surface area contributed by atoms with Gasteiger partial charge in [0.15, 0.2) is 5.78 Å². The minimum absolute atomic E-state index is 0.0569. The molecule has 18 heavy (non-hydrogen) atoms. The van der Waals surface area contributed by atoms with Crippen molar-refractivity contribution in [2.45, 2.75) is 59.0 Å². The van der Waals surface area contributed by atoms with E-state index in [4.69, 9.17) is 5.73 Å². The van der Waals surface area contributed by atoms with E-state index in [1.807, 2.05) is 0 Å². The first-order chi connectivity index (χ1) is 8.54. The molecule has 0 aliphatic carbocycles. The summed E-state index contributed by atoms with van der Waals surface area (Å²) in [5, 5.41) is 4.14. The van der Waals surface area contributed by atoms with Gasteiger partial charge in [0.2, 0.25) is 0 Å². The molecule has 0 aliphatic heterocycles. The molecule has 0 saturated carbocycles. The molecule has 0 saturated heterocycles. The highest BCUT2D eigenvalue weighted by molar-refractivity contribution is 5.85. The van der Waals surface area contributed by atoms with Crippen LogP contribution in [0.4, 0.5) is 0 Å². The Balaban J connectivity index is 2.56. The molecule has 0 radical (unpaired) electrons. The third-order valence-corrected chi connectivity index (χ3v) is 2.85. The fourth-order valence-electron chi connectivity index (χ4n) is 1.80. The van der Waals surface area contributed by atoms with E-state index in [1.165, 1.54) is 6.33 Å². The lowest BCUT2D eigenvalue weighted by atomic mass is 10.0. The number of carbonyl (C=O) groups is 1. The Morgan fingerprint density at radius 1 is 1.50 bits per heavy atom. The SMILES string of the molecule is CCCCC(N)C(=O)Cc1ncnn1CC(C)C. The van der Waals surface area contributed by atoms with E-state index in [2.05, 4.69) is 30.9 Å². The zero-order chi connectivity index (χ0) is 13.5. The van der Waals surface area contributed by atoms with Crippen molar-refractivity contribution in [3.8, 4) is 0 Å². The molecule has 1 atom stereocenters. The molecule has 0 aliphatic rings. The number of nitrogens with zero attached hydrogens (tertiary/aromatic N) is 3. The summed E-state index contributed by atoms with van der Waals surface area (Å²) in [5.74, 6) is 1.26. The molecule has 1 unspecified atom stereocenters. The molecule has 0 spiro atoms. The number of ketones is 1. The average molecular weight is 252 g/mol. The summed E-state index contributed by atoms with van der Waals surface area (Å²) in [6.45, 7) is 7.10. The van der Waals surface area contributed by atoms with E-state index in [9.17, 15) is 4.79 Å². The Morgan fingerprint density at radius 2 is 2.22 bits per heavy atom. The second-order valence-corrected chi connectivity index (χ2v) is 5.14. The summed E-state index contributed by atoms with van der Waals surface area (Å²) < 4.78 is 1.80. The van der Waals surface area contributed by atoms with E-state index in [-0.39, 0.29) is 18.2 Å². The lowest BCUT2D eigenvalue weighted by molar-refractivity contribution is -0.120. The molecule has 2 N–H and O–H groups in total. The van der Waals surface area contributed by atoms with Crippen LogP contribution in [0.1, 0.15) is 45.9 Å². The number of aromatic nitrogens is 3. The van der Waals surface area contributed by atoms with Gasteiger partial charge in [0.1, 0.15) is 12.2 Å². The highest BCUT2D eigenvalue weighted by Gasteiger charge is 2.17. The van der Waals surface area contributed by atoms with Gasteiger partial charge in [-0.15, -0.1) is 0 Å². The van der Waals surface area contributed by atoms with Gasteiger partial charge in [0.25, 0.3) is 0 Å². The molecule has 1 heterocycles. The van der Waals surface area contributed by atoms with Crippen LogP contribution < -0.4 is 5.73 Å². The number of hydrogen-bond acceptors (Lipinski definition) is 4. The molecule has 0 amide bonds. The maximum atomic E-state index is 11.9. The highest BCUT2D eigenvalue weighted by Crippen LogP contribution is 2.06. The zero-order valence-corrected chi connectivity index (χ0v) is 11.6. The van der Waals surface area contributed by atoms with Crippen LogP contribution in [-0.4, -0.2) is 26.6 Å². The third-order valence-electron chi connectivity index (χ3n) is 2.85. The van der Waals surface area contributed by atoms with Crippen molar-refractivity contribution in [3.63, 3.8) is 0 Å². The monoisotopic (exact) mass is 252 g/mol. The second-order valence-electron chi connectivity index (χ2n) is 5.14. The van der Waals surface area contributed by atoms with Gasteiger partial charge >= 0.3 is 0 Å². The second kappa shape index (κ2) is 7.26. The predicted octanol–water partition coefficient (Wildman–Crippen LogP) is 1.56. The largest absolute Gasteiger partial charge is 0.321 e. The first-order valence-corrected chi connectivity index (χ1v) is 6.69. The smallest absolute Gasteiger partial charge is 0.157 e. The van der Waals surface area contributed by atoms with Crippen molar-refractivity contribution < 1.29 is 4.79 Å². The first-order valence-electron chi connectivity index (χ1n) is 6.69. The van der Waals surface area contributed by atoms with Crippen molar-refractivity contribution in [1.29, 1.82) is 0 Å². The van der Waals surface area contributed by atoms with Crippen LogP contribution in [0, 0.1) is 5.92 Å². The Kier molecular flexibility index (Phi) is 5.98. The summed E-state index contributed by atoms with van der Waals surface area (Å²) >= 11 is 0. The lowest BCUT2D eigenvalue weighted by Gasteiger charge is -2.11. The zero-order valence-electron chi connectivity index (χ0n) is 11.6. The Hall–Kier alpha value is -1.23. The summed E-state index contributed by atoms with van der Waals surface area (Å²) in [7, 11) is 0. The molecule has 0 fully saturated rings. The van der Waals surface area contributed by atoms with Gasteiger partial charge in [0, 0.05) is 6.54 Å². The maximum absolute atomic E-state index is 11.9.